The van der Waals surface area contributed by atoms with Crippen LogP contribution in [0.25, 0.3) is 0 Å². The maximum Gasteiger partial charge on any atom is 0.337 e. The molecule has 2 heterocycles. The van der Waals surface area contributed by atoms with Crippen molar-refractivity contribution in [3.8, 4) is 11.5 Å². The molecule has 2 aliphatic heterocycles. The van der Waals surface area contributed by atoms with Crippen molar-refractivity contribution in [2.45, 2.75) is 12.5 Å². The molecule has 4 rings (SSSR count). The Bertz CT molecular complexity index is 847. The molecule has 0 saturated heterocycles. The van der Waals surface area contributed by atoms with Gasteiger partial charge in [0.1, 0.15) is 6.61 Å². The van der Waals surface area contributed by atoms with Gasteiger partial charge in [-0.1, -0.05) is 12.1 Å². The Morgan fingerprint density at radius 1 is 1.16 bits per heavy atom. The number of amides is 1. The number of hydrogen-bond donors (Lipinski definition) is 0. The molecule has 0 bridgehead atoms. The molecular weight excluding hydrogens is 322 g/mol. The van der Waals surface area contributed by atoms with E-state index in [4.69, 9.17) is 14.2 Å². The molecule has 2 aliphatic rings. The Balaban J connectivity index is 1.55. The first-order valence-electron chi connectivity index (χ1n) is 8.08. The average molecular weight is 339 g/mol. The molecule has 0 aliphatic carbocycles. The fourth-order valence-electron chi connectivity index (χ4n) is 3.19. The number of hydrogen-bond acceptors (Lipinski definition) is 5. The molecule has 0 spiro atoms. The lowest BCUT2D eigenvalue weighted by molar-refractivity contribution is -0.127. The SMILES string of the molecule is COC(=O)c1ccc2c(c1)CCN2C(=O)[C@H]1COc2ccccc2O1. The first-order valence-corrected chi connectivity index (χ1v) is 8.08. The zero-order chi connectivity index (χ0) is 17.4. The monoisotopic (exact) mass is 339 g/mol. The van der Waals surface area contributed by atoms with Gasteiger partial charge in [0.2, 0.25) is 6.10 Å². The average Bonchev–Trinajstić information content (AvgIpc) is 3.09. The zero-order valence-corrected chi connectivity index (χ0v) is 13.7. The maximum absolute atomic E-state index is 12.9. The molecular formula is C19H17NO5. The Morgan fingerprint density at radius 2 is 1.96 bits per heavy atom. The van der Waals surface area contributed by atoms with Gasteiger partial charge in [-0.25, -0.2) is 4.79 Å². The summed E-state index contributed by atoms with van der Waals surface area (Å²) in [5.41, 5.74) is 2.25. The van der Waals surface area contributed by atoms with Crippen molar-refractivity contribution in [3.63, 3.8) is 0 Å². The molecule has 0 saturated carbocycles. The molecule has 2 aromatic carbocycles. The van der Waals surface area contributed by atoms with E-state index in [1.165, 1.54) is 7.11 Å². The normalized spacial score (nSPS) is 17.8. The van der Waals surface area contributed by atoms with E-state index in [0.717, 1.165) is 11.3 Å². The second-order valence-electron chi connectivity index (χ2n) is 5.94. The van der Waals surface area contributed by atoms with Crippen LogP contribution in [0.4, 0.5) is 5.69 Å². The summed E-state index contributed by atoms with van der Waals surface area (Å²) in [5.74, 6) is 0.705. The van der Waals surface area contributed by atoms with Crippen molar-refractivity contribution in [2.75, 3.05) is 25.2 Å². The zero-order valence-electron chi connectivity index (χ0n) is 13.7. The highest BCUT2D eigenvalue weighted by Crippen LogP contribution is 2.34. The van der Waals surface area contributed by atoms with Gasteiger partial charge in [-0.3, -0.25) is 4.79 Å². The molecule has 6 heteroatoms. The lowest BCUT2D eigenvalue weighted by atomic mass is 10.1. The second-order valence-corrected chi connectivity index (χ2v) is 5.94. The van der Waals surface area contributed by atoms with Crippen molar-refractivity contribution >= 4 is 17.6 Å². The summed E-state index contributed by atoms with van der Waals surface area (Å²) in [6, 6.07) is 12.5. The number of para-hydroxylation sites is 2. The predicted molar refractivity (Wildman–Crippen MR) is 90.2 cm³/mol. The van der Waals surface area contributed by atoms with E-state index >= 15 is 0 Å². The second kappa shape index (κ2) is 6.12. The number of methoxy groups -OCH3 is 1. The minimum absolute atomic E-state index is 0.140. The van der Waals surface area contributed by atoms with Crippen LogP contribution in [0.3, 0.4) is 0 Å². The number of rotatable bonds is 2. The third kappa shape index (κ3) is 2.69. The van der Waals surface area contributed by atoms with E-state index in [1.807, 2.05) is 18.2 Å². The number of nitrogens with zero attached hydrogens (tertiary/aromatic N) is 1. The lowest BCUT2D eigenvalue weighted by Crippen LogP contribution is -2.46. The van der Waals surface area contributed by atoms with Crippen LogP contribution in [0, 0.1) is 0 Å². The van der Waals surface area contributed by atoms with Gasteiger partial charge in [0.25, 0.3) is 5.91 Å². The highest BCUT2D eigenvalue weighted by molar-refractivity contribution is 6.00. The first-order chi connectivity index (χ1) is 12.2. The third-order valence-corrected chi connectivity index (χ3v) is 4.45. The molecule has 0 N–H and O–H groups in total. The van der Waals surface area contributed by atoms with Gasteiger partial charge in [0.05, 0.1) is 12.7 Å². The van der Waals surface area contributed by atoms with Gasteiger partial charge in [0, 0.05) is 12.2 Å². The largest absolute Gasteiger partial charge is 0.485 e. The van der Waals surface area contributed by atoms with Crippen LogP contribution in [0.5, 0.6) is 11.5 Å². The van der Waals surface area contributed by atoms with Crippen LogP contribution in [-0.4, -0.2) is 38.2 Å². The molecule has 0 aromatic heterocycles. The number of benzene rings is 2. The number of carbonyl (C=O) groups excluding carboxylic acids is 2. The lowest BCUT2D eigenvalue weighted by Gasteiger charge is -2.29. The summed E-state index contributed by atoms with van der Waals surface area (Å²) in [4.78, 5) is 26.2. The smallest absolute Gasteiger partial charge is 0.337 e. The Labute approximate surface area is 144 Å². The first kappa shape index (κ1) is 15.5. The Hall–Kier alpha value is -3.02. The summed E-state index contributed by atoms with van der Waals surface area (Å²) < 4.78 is 16.2. The number of ether oxygens (including phenoxy) is 3. The van der Waals surface area contributed by atoms with Crippen LogP contribution in [-0.2, 0) is 16.0 Å². The maximum atomic E-state index is 12.9. The van der Waals surface area contributed by atoms with Crippen LogP contribution >= 0.6 is 0 Å². The molecule has 0 fully saturated rings. The number of anilines is 1. The Kier molecular flexibility index (Phi) is 3.80. The van der Waals surface area contributed by atoms with Gasteiger partial charge >= 0.3 is 5.97 Å². The molecule has 1 amide bonds. The minimum Gasteiger partial charge on any atom is -0.485 e. The predicted octanol–water partition coefficient (Wildman–Crippen LogP) is 2.20. The molecule has 2 aromatic rings. The van der Waals surface area contributed by atoms with Crippen molar-refractivity contribution in [1.82, 2.24) is 0 Å². The number of fused-ring (bicyclic) bond motifs is 2. The third-order valence-electron chi connectivity index (χ3n) is 4.45. The van der Waals surface area contributed by atoms with Crippen LogP contribution in [0.1, 0.15) is 15.9 Å². The van der Waals surface area contributed by atoms with Gasteiger partial charge in [0.15, 0.2) is 11.5 Å². The van der Waals surface area contributed by atoms with Crippen LogP contribution in [0.15, 0.2) is 42.5 Å². The fraction of sp³-hybridized carbons (Fsp3) is 0.263. The summed E-state index contributed by atoms with van der Waals surface area (Å²) in [6.45, 7) is 0.738. The molecule has 25 heavy (non-hydrogen) atoms. The van der Waals surface area contributed by atoms with E-state index in [1.54, 1.807) is 29.2 Å². The van der Waals surface area contributed by atoms with E-state index in [-0.39, 0.29) is 18.5 Å². The minimum atomic E-state index is -0.680. The van der Waals surface area contributed by atoms with E-state index in [9.17, 15) is 9.59 Å². The molecule has 0 radical (unpaired) electrons. The van der Waals surface area contributed by atoms with E-state index in [2.05, 4.69) is 0 Å². The fourth-order valence-corrected chi connectivity index (χ4v) is 3.19. The molecule has 0 unspecified atom stereocenters. The molecule has 128 valence electrons. The molecule has 1 atom stereocenters. The van der Waals surface area contributed by atoms with Crippen molar-refractivity contribution in [1.29, 1.82) is 0 Å². The number of esters is 1. The van der Waals surface area contributed by atoms with Crippen molar-refractivity contribution in [3.05, 3.63) is 53.6 Å². The topological polar surface area (TPSA) is 65.1 Å². The summed E-state index contributed by atoms with van der Waals surface area (Å²) in [7, 11) is 1.35. The van der Waals surface area contributed by atoms with Crippen LogP contribution < -0.4 is 14.4 Å². The van der Waals surface area contributed by atoms with Gasteiger partial charge < -0.3 is 19.1 Å². The van der Waals surface area contributed by atoms with E-state index < -0.39 is 6.10 Å². The van der Waals surface area contributed by atoms with Crippen molar-refractivity contribution < 1.29 is 23.8 Å². The summed E-state index contributed by atoms with van der Waals surface area (Å²) in [5, 5.41) is 0. The van der Waals surface area contributed by atoms with E-state index in [0.29, 0.717) is 30.0 Å². The van der Waals surface area contributed by atoms with Gasteiger partial charge in [-0.05, 0) is 42.3 Å². The number of carbonyl (C=O) groups is 2. The van der Waals surface area contributed by atoms with Crippen molar-refractivity contribution in [2.24, 2.45) is 0 Å². The summed E-state index contributed by atoms with van der Waals surface area (Å²) >= 11 is 0. The highest BCUT2D eigenvalue weighted by atomic mass is 16.6. The van der Waals surface area contributed by atoms with Crippen LogP contribution in [0.2, 0.25) is 0 Å². The molecule has 6 nitrogen and oxygen atoms in total. The van der Waals surface area contributed by atoms with Gasteiger partial charge in [-0.15, -0.1) is 0 Å². The Morgan fingerprint density at radius 3 is 2.76 bits per heavy atom. The summed E-state index contributed by atoms with van der Waals surface area (Å²) in [6.07, 6.45) is 0.0110. The standard InChI is InChI=1S/C19H17NO5/c1-23-19(22)13-6-7-14-12(10-13)8-9-20(14)18(21)17-11-24-15-4-2-3-5-16(15)25-17/h2-7,10,17H,8-9,11H2,1H3/t17-/m1/s1. The quantitative estimate of drug-likeness (QED) is 0.785. The van der Waals surface area contributed by atoms with Gasteiger partial charge in [-0.2, -0.15) is 0 Å². The highest BCUT2D eigenvalue weighted by Gasteiger charge is 2.34.